The van der Waals surface area contributed by atoms with Gasteiger partial charge < -0.3 is 5.11 Å². The number of unbranched alkanes of at least 4 members (excludes halogenated alkanes) is 2. The largest absolute Gasteiger partial charge is 0.378 e. The summed E-state index contributed by atoms with van der Waals surface area (Å²) in [6.45, 7) is 4.17. The van der Waals surface area contributed by atoms with E-state index in [0.29, 0.717) is 18.5 Å². The molecule has 23 heavy (non-hydrogen) atoms. The van der Waals surface area contributed by atoms with Crippen molar-refractivity contribution < 1.29 is 9.90 Å². The van der Waals surface area contributed by atoms with E-state index in [4.69, 9.17) is 5.26 Å². The van der Waals surface area contributed by atoms with Crippen LogP contribution in [0.3, 0.4) is 0 Å². The predicted molar refractivity (Wildman–Crippen MR) is 89.7 cm³/mol. The van der Waals surface area contributed by atoms with Gasteiger partial charge >= 0.3 is 0 Å². The number of nitrogens with zero attached hydrogens (tertiary/aromatic N) is 2. The third kappa shape index (κ3) is 6.63. The van der Waals surface area contributed by atoms with Gasteiger partial charge in [0.2, 0.25) is 0 Å². The van der Waals surface area contributed by atoms with E-state index in [1.165, 1.54) is 0 Å². The van der Waals surface area contributed by atoms with E-state index >= 15 is 0 Å². The molecule has 4 nitrogen and oxygen atoms in total. The van der Waals surface area contributed by atoms with Gasteiger partial charge in [0.15, 0.2) is 5.78 Å². The van der Waals surface area contributed by atoms with Crippen LogP contribution in [0.15, 0.2) is 18.2 Å². The summed E-state index contributed by atoms with van der Waals surface area (Å²) in [6.07, 6.45) is 4.94. The lowest BCUT2D eigenvalue weighted by Crippen LogP contribution is -2.26. The minimum Gasteiger partial charge on any atom is -0.378 e. The van der Waals surface area contributed by atoms with Crippen LogP contribution in [-0.4, -0.2) is 21.5 Å². The number of aliphatic hydroxyl groups is 1. The Labute approximate surface area is 138 Å². The van der Waals surface area contributed by atoms with Gasteiger partial charge in [-0.05, 0) is 43.7 Å². The van der Waals surface area contributed by atoms with E-state index < -0.39 is 5.60 Å². The Morgan fingerprint density at radius 3 is 2.48 bits per heavy atom. The topological polar surface area (TPSA) is 74.0 Å². The number of carbonyl (C=O) groups is 1. The number of carbonyl (C=O) groups excluding carboxylic acids is 1. The Balaban J connectivity index is 2.95. The Hall–Kier alpha value is -2.17. The average molecular weight is 312 g/mol. The highest BCUT2D eigenvalue weighted by atomic mass is 16.3. The van der Waals surface area contributed by atoms with Gasteiger partial charge in [-0.15, -0.1) is 0 Å². The van der Waals surface area contributed by atoms with Gasteiger partial charge in [0, 0.05) is 0 Å². The maximum atomic E-state index is 11.7. The van der Waals surface area contributed by atoms with Gasteiger partial charge in [-0.1, -0.05) is 38.7 Å². The predicted octanol–water partition coefficient (Wildman–Crippen LogP) is 3.64. The Morgan fingerprint density at radius 1 is 1.26 bits per heavy atom. The molecular weight excluding hydrogens is 288 g/mol. The van der Waals surface area contributed by atoms with Crippen LogP contribution in [0.4, 0.5) is 0 Å². The van der Waals surface area contributed by atoms with Crippen molar-refractivity contribution in [2.24, 2.45) is 0 Å². The van der Waals surface area contributed by atoms with Crippen molar-refractivity contribution in [2.75, 3.05) is 0 Å². The molecule has 1 aromatic heterocycles. The molecule has 0 bridgehead atoms. The molecule has 0 radical (unpaired) electrons. The summed E-state index contributed by atoms with van der Waals surface area (Å²) in [4.78, 5) is 15.9. The number of Topliss-reactive ketones (excluding diaryl/α,β-unsaturated/α-hetero) is 1. The monoisotopic (exact) mass is 312 g/mol. The van der Waals surface area contributed by atoms with Crippen molar-refractivity contribution in [1.29, 1.82) is 5.26 Å². The zero-order valence-corrected chi connectivity index (χ0v) is 13.9. The first-order valence-corrected chi connectivity index (χ1v) is 8.17. The SMILES string of the molecule is CCCCC(O)(C#Cc1cccc(C(=O)CC#N)n1)CCCC. The number of nitriles is 1. The summed E-state index contributed by atoms with van der Waals surface area (Å²) in [7, 11) is 0. The van der Waals surface area contributed by atoms with Crippen LogP contribution >= 0.6 is 0 Å². The van der Waals surface area contributed by atoms with E-state index in [0.717, 1.165) is 25.7 Å². The Bertz CT molecular complexity index is 612. The fourth-order valence-electron chi connectivity index (χ4n) is 2.19. The fraction of sp³-hybridized carbons (Fsp3) is 0.526. The van der Waals surface area contributed by atoms with Crippen LogP contribution < -0.4 is 0 Å². The number of hydrogen-bond acceptors (Lipinski definition) is 4. The number of rotatable bonds is 8. The van der Waals surface area contributed by atoms with Gasteiger partial charge in [-0.2, -0.15) is 5.26 Å². The molecule has 1 heterocycles. The molecule has 0 amide bonds. The minimum absolute atomic E-state index is 0.194. The number of aromatic nitrogens is 1. The molecule has 0 spiro atoms. The van der Waals surface area contributed by atoms with Gasteiger partial charge in [0.05, 0.1) is 6.07 Å². The quantitative estimate of drug-likeness (QED) is 0.587. The third-order valence-electron chi connectivity index (χ3n) is 3.59. The smallest absolute Gasteiger partial charge is 0.195 e. The summed E-state index contributed by atoms with van der Waals surface area (Å²) in [5.74, 6) is 5.52. The van der Waals surface area contributed by atoms with Crippen molar-refractivity contribution >= 4 is 5.78 Å². The van der Waals surface area contributed by atoms with Gasteiger partial charge in [-0.25, -0.2) is 4.98 Å². The average Bonchev–Trinajstić information content (AvgIpc) is 2.57. The second-order valence-corrected chi connectivity index (χ2v) is 5.65. The van der Waals surface area contributed by atoms with E-state index in [-0.39, 0.29) is 17.9 Å². The van der Waals surface area contributed by atoms with E-state index in [2.05, 4.69) is 30.7 Å². The van der Waals surface area contributed by atoms with Crippen molar-refractivity contribution in [3.8, 4) is 17.9 Å². The first kappa shape index (κ1) is 18.9. The van der Waals surface area contributed by atoms with Crippen molar-refractivity contribution in [2.45, 2.75) is 64.4 Å². The molecule has 0 fully saturated rings. The van der Waals surface area contributed by atoms with Crippen LogP contribution in [0.5, 0.6) is 0 Å². The molecule has 0 aliphatic carbocycles. The lowest BCUT2D eigenvalue weighted by atomic mass is 9.91. The van der Waals surface area contributed by atoms with Crippen molar-refractivity contribution in [3.05, 3.63) is 29.6 Å². The molecule has 0 aromatic carbocycles. The second-order valence-electron chi connectivity index (χ2n) is 5.65. The fourth-order valence-corrected chi connectivity index (χ4v) is 2.19. The first-order valence-electron chi connectivity index (χ1n) is 8.17. The lowest BCUT2D eigenvalue weighted by Gasteiger charge is -2.21. The molecule has 0 saturated heterocycles. The van der Waals surface area contributed by atoms with Crippen LogP contribution in [-0.2, 0) is 0 Å². The maximum absolute atomic E-state index is 11.7. The standard InChI is InChI=1S/C19H24N2O2/c1-3-5-12-19(23,13-6-4-2)14-10-16-8-7-9-17(21-16)18(22)11-15-20/h7-9,23H,3-6,11-13H2,1-2H3. The molecule has 4 heteroatoms. The van der Waals surface area contributed by atoms with Gasteiger partial charge in [0.1, 0.15) is 23.4 Å². The van der Waals surface area contributed by atoms with Crippen LogP contribution in [0, 0.1) is 23.2 Å². The molecule has 122 valence electrons. The number of pyridine rings is 1. The first-order chi connectivity index (χ1) is 11.0. The molecule has 0 unspecified atom stereocenters. The summed E-state index contributed by atoms with van der Waals surface area (Å²) < 4.78 is 0. The second kappa shape index (κ2) is 9.77. The van der Waals surface area contributed by atoms with Gasteiger partial charge in [0.25, 0.3) is 0 Å². The molecule has 0 saturated carbocycles. The molecule has 0 atom stereocenters. The van der Waals surface area contributed by atoms with E-state index in [1.807, 2.05) is 6.07 Å². The summed E-state index contributed by atoms with van der Waals surface area (Å²) in [6, 6.07) is 6.79. The third-order valence-corrected chi connectivity index (χ3v) is 3.59. The van der Waals surface area contributed by atoms with Gasteiger partial charge in [-0.3, -0.25) is 4.79 Å². The highest BCUT2D eigenvalue weighted by Gasteiger charge is 2.22. The highest BCUT2D eigenvalue weighted by Crippen LogP contribution is 2.21. The van der Waals surface area contributed by atoms with E-state index in [1.54, 1.807) is 18.2 Å². The van der Waals surface area contributed by atoms with Crippen LogP contribution in [0.25, 0.3) is 0 Å². The molecule has 0 aliphatic rings. The minimum atomic E-state index is -1.000. The summed E-state index contributed by atoms with van der Waals surface area (Å²) in [5.41, 5.74) is -0.315. The van der Waals surface area contributed by atoms with E-state index in [9.17, 15) is 9.90 Å². The van der Waals surface area contributed by atoms with Crippen molar-refractivity contribution in [3.63, 3.8) is 0 Å². The number of hydrogen-bond donors (Lipinski definition) is 1. The zero-order chi connectivity index (χ0) is 17.1. The molecule has 1 rings (SSSR count). The lowest BCUT2D eigenvalue weighted by molar-refractivity contribution is 0.0774. The Morgan fingerprint density at radius 2 is 1.91 bits per heavy atom. The van der Waals surface area contributed by atoms with Crippen molar-refractivity contribution in [1.82, 2.24) is 4.98 Å². The summed E-state index contributed by atoms with van der Waals surface area (Å²) >= 11 is 0. The normalized spacial score (nSPS) is 10.5. The Kier molecular flexibility index (Phi) is 8.02. The molecule has 1 N–H and O–H groups in total. The molecule has 1 aromatic rings. The maximum Gasteiger partial charge on any atom is 0.195 e. The van der Waals surface area contributed by atoms with Crippen LogP contribution in [0.1, 0.15) is 75.0 Å². The molecule has 0 aliphatic heterocycles. The summed E-state index contributed by atoms with van der Waals surface area (Å²) in [5, 5.41) is 19.3. The zero-order valence-electron chi connectivity index (χ0n) is 13.9. The number of ketones is 1. The van der Waals surface area contributed by atoms with Crippen LogP contribution in [0.2, 0.25) is 0 Å². The molecular formula is C19H24N2O2. The highest BCUT2D eigenvalue weighted by molar-refractivity contribution is 5.95.